The number of hydrogen-bond donors (Lipinski definition) is 1. The Balaban J connectivity index is 2.39. The highest BCUT2D eigenvalue weighted by Gasteiger charge is 2.13. The maximum Gasteiger partial charge on any atom is 0.0288 e. The smallest absolute Gasteiger partial charge is 0.0288 e. The lowest BCUT2D eigenvalue weighted by Gasteiger charge is -2.24. The molecule has 0 aliphatic heterocycles. The number of rotatable bonds is 5. The summed E-state index contributed by atoms with van der Waals surface area (Å²) in [6.45, 7) is 1.17. The zero-order valence-electron chi connectivity index (χ0n) is 9.84. The van der Waals surface area contributed by atoms with Crippen molar-refractivity contribution < 1.29 is 0 Å². The van der Waals surface area contributed by atoms with E-state index >= 15 is 0 Å². The second-order valence-electron chi connectivity index (χ2n) is 4.46. The first-order chi connectivity index (χ1) is 6.74. The summed E-state index contributed by atoms with van der Waals surface area (Å²) in [4.78, 5) is 2.26. The minimum Gasteiger partial charge on any atom is -0.313 e. The zero-order chi connectivity index (χ0) is 10.4. The number of nitrogens with zero attached hydrogens (tertiary/aromatic N) is 1. The minimum absolute atomic E-state index is 0.609. The minimum atomic E-state index is 0.609. The van der Waals surface area contributed by atoms with E-state index in [-0.39, 0.29) is 0 Å². The van der Waals surface area contributed by atoms with Crippen molar-refractivity contribution in [3.05, 3.63) is 11.6 Å². The van der Waals surface area contributed by atoms with Gasteiger partial charge in [-0.05, 0) is 59.8 Å². The molecule has 1 aliphatic rings. The van der Waals surface area contributed by atoms with Crippen molar-refractivity contribution in [2.24, 2.45) is 0 Å². The lowest BCUT2D eigenvalue weighted by Crippen LogP contribution is -2.31. The van der Waals surface area contributed by atoms with Gasteiger partial charge in [0.05, 0.1) is 0 Å². The summed E-state index contributed by atoms with van der Waals surface area (Å²) in [6, 6.07) is 0.609. The van der Waals surface area contributed by atoms with Crippen LogP contribution >= 0.6 is 0 Å². The van der Waals surface area contributed by atoms with Crippen LogP contribution in [-0.2, 0) is 0 Å². The predicted molar refractivity (Wildman–Crippen MR) is 62.6 cm³/mol. The van der Waals surface area contributed by atoms with E-state index in [0.717, 1.165) is 0 Å². The van der Waals surface area contributed by atoms with Crippen molar-refractivity contribution in [2.75, 3.05) is 27.7 Å². The maximum absolute atomic E-state index is 3.43. The third-order valence-electron chi connectivity index (χ3n) is 2.99. The molecule has 0 heterocycles. The third kappa shape index (κ3) is 3.81. The average molecular weight is 196 g/mol. The highest BCUT2D eigenvalue weighted by molar-refractivity contribution is 5.12. The maximum atomic E-state index is 3.43. The molecule has 14 heavy (non-hydrogen) atoms. The molecule has 1 aliphatic carbocycles. The predicted octanol–water partition coefficient (Wildman–Crippen LogP) is 2.03. The van der Waals surface area contributed by atoms with Crippen LogP contribution in [0.25, 0.3) is 0 Å². The summed E-state index contributed by atoms with van der Waals surface area (Å²) in [5, 5.41) is 3.43. The molecule has 0 spiro atoms. The number of nitrogens with one attached hydrogen (secondary N) is 1. The van der Waals surface area contributed by atoms with Gasteiger partial charge in [0.25, 0.3) is 0 Å². The zero-order valence-corrected chi connectivity index (χ0v) is 9.84. The van der Waals surface area contributed by atoms with Gasteiger partial charge in [0.2, 0.25) is 0 Å². The molecule has 2 nitrogen and oxygen atoms in total. The lowest BCUT2D eigenvalue weighted by molar-refractivity contribution is 0.374. The molecule has 0 aromatic carbocycles. The van der Waals surface area contributed by atoms with Gasteiger partial charge in [0, 0.05) is 6.04 Å². The first kappa shape index (κ1) is 11.7. The quantitative estimate of drug-likeness (QED) is 0.677. The Morgan fingerprint density at radius 2 is 2.21 bits per heavy atom. The largest absolute Gasteiger partial charge is 0.313 e. The molecular formula is C12H24N2. The number of hydrogen-bond acceptors (Lipinski definition) is 2. The number of likely N-dealkylation sites (N-methyl/N-ethyl adjacent to an activating group) is 1. The van der Waals surface area contributed by atoms with Crippen molar-refractivity contribution in [1.29, 1.82) is 0 Å². The summed E-state index contributed by atoms with van der Waals surface area (Å²) in [7, 11) is 6.36. The second-order valence-corrected chi connectivity index (χ2v) is 4.46. The highest BCUT2D eigenvalue weighted by Crippen LogP contribution is 2.21. The van der Waals surface area contributed by atoms with Crippen molar-refractivity contribution >= 4 is 0 Å². The van der Waals surface area contributed by atoms with E-state index in [0.29, 0.717) is 6.04 Å². The Labute approximate surface area is 88.4 Å². The number of allylic oxidation sites excluding steroid dienone is 1. The SMILES string of the molecule is CNC(CCN(C)C)C1=CCCCC1. The highest BCUT2D eigenvalue weighted by atomic mass is 15.1. The summed E-state index contributed by atoms with van der Waals surface area (Å²) >= 11 is 0. The fraction of sp³-hybridized carbons (Fsp3) is 0.833. The molecule has 0 saturated heterocycles. The summed E-state index contributed by atoms with van der Waals surface area (Å²) in [6.07, 6.45) is 9.03. The van der Waals surface area contributed by atoms with E-state index in [1.807, 2.05) is 0 Å². The molecule has 1 unspecified atom stereocenters. The molecule has 0 saturated carbocycles. The van der Waals surface area contributed by atoms with E-state index in [4.69, 9.17) is 0 Å². The monoisotopic (exact) mass is 196 g/mol. The van der Waals surface area contributed by atoms with Gasteiger partial charge >= 0.3 is 0 Å². The van der Waals surface area contributed by atoms with E-state index in [1.54, 1.807) is 5.57 Å². The van der Waals surface area contributed by atoms with Crippen LogP contribution < -0.4 is 5.32 Å². The Morgan fingerprint density at radius 3 is 2.71 bits per heavy atom. The van der Waals surface area contributed by atoms with Crippen LogP contribution in [0.5, 0.6) is 0 Å². The molecule has 1 atom stereocenters. The Morgan fingerprint density at radius 1 is 1.43 bits per heavy atom. The van der Waals surface area contributed by atoms with Crippen LogP contribution in [0.3, 0.4) is 0 Å². The molecule has 0 aromatic rings. The van der Waals surface area contributed by atoms with E-state index < -0.39 is 0 Å². The third-order valence-corrected chi connectivity index (χ3v) is 2.99. The van der Waals surface area contributed by atoms with Gasteiger partial charge in [-0.1, -0.05) is 11.6 Å². The van der Waals surface area contributed by atoms with Crippen LogP contribution in [0.2, 0.25) is 0 Å². The summed E-state index contributed by atoms with van der Waals surface area (Å²) in [5.74, 6) is 0. The summed E-state index contributed by atoms with van der Waals surface area (Å²) in [5.41, 5.74) is 1.64. The molecule has 82 valence electrons. The van der Waals surface area contributed by atoms with Gasteiger partial charge in [0.15, 0.2) is 0 Å². The van der Waals surface area contributed by atoms with Crippen LogP contribution in [-0.4, -0.2) is 38.6 Å². The molecule has 0 fully saturated rings. The average Bonchev–Trinajstić information content (AvgIpc) is 2.20. The van der Waals surface area contributed by atoms with Crippen LogP contribution in [0.15, 0.2) is 11.6 Å². The van der Waals surface area contributed by atoms with Gasteiger partial charge < -0.3 is 10.2 Å². The van der Waals surface area contributed by atoms with Crippen molar-refractivity contribution in [3.8, 4) is 0 Å². The first-order valence-electron chi connectivity index (χ1n) is 5.75. The molecule has 0 bridgehead atoms. The van der Waals surface area contributed by atoms with Crippen molar-refractivity contribution in [2.45, 2.75) is 38.1 Å². The van der Waals surface area contributed by atoms with Gasteiger partial charge in [-0.15, -0.1) is 0 Å². The Hall–Kier alpha value is -0.340. The van der Waals surface area contributed by atoms with Gasteiger partial charge in [0.1, 0.15) is 0 Å². The summed E-state index contributed by atoms with van der Waals surface area (Å²) < 4.78 is 0. The van der Waals surface area contributed by atoms with Crippen LogP contribution in [0.1, 0.15) is 32.1 Å². The first-order valence-corrected chi connectivity index (χ1v) is 5.75. The molecule has 1 rings (SSSR count). The lowest BCUT2D eigenvalue weighted by atomic mass is 9.92. The fourth-order valence-electron chi connectivity index (χ4n) is 2.08. The second kappa shape index (κ2) is 6.20. The van der Waals surface area contributed by atoms with Crippen LogP contribution in [0, 0.1) is 0 Å². The van der Waals surface area contributed by atoms with Crippen molar-refractivity contribution in [1.82, 2.24) is 10.2 Å². The van der Waals surface area contributed by atoms with E-state index in [9.17, 15) is 0 Å². The Kier molecular flexibility index (Phi) is 5.20. The molecule has 0 amide bonds. The molecular weight excluding hydrogens is 172 g/mol. The van der Waals surface area contributed by atoms with Crippen LogP contribution in [0.4, 0.5) is 0 Å². The van der Waals surface area contributed by atoms with Crippen molar-refractivity contribution in [3.63, 3.8) is 0 Å². The standard InChI is InChI=1S/C12H24N2/c1-13-12(9-10-14(2)3)11-7-5-4-6-8-11/h7,12-13H,4-6,8-10H2,1-3H3. The van der Waals surface area contributed by atoms with Gasteiger partial charge in [-0.3, -0.25) is 0 Å². The Bertz CT molecular complexity index is 185. The molecule has 0 radical (unpaired) electrons. The molecule has 0 aromatic heterocycles. The van der Waals surface area contributed by atoms with E-state index in [2.05, 4.69) is 37.4 Å². The topological polar surface area (TPSA) is 15.3 Å². The normalized spacial score (nSPS) is 19.6. The van der Waals surface area contributed by atoms with E-state index in [1.165, 1.54) is 38.6 Å². The van der Waals surface area contributed by atoms with Gasteiger partial charge in [-0.2, -0.15) is 0 Å². The molecule has 1 N–H and O–H groups in total. The molecule has 2 heteroatoms. The van der Waals surface area contributed by atoms with Gasteiger partial charge in [-0.25, -0.2) is 0 Å². The fourth-order valence-corrected chi connectivity index (χ4v) is 2.08.